The number of aromatic nitrogens is 2. The van der Waals surface area contributed by atoms with Gasteiger partial charge in [0.15, 0.2) is 11.6 Å². The maximum Gasteiger partial charge on any atom is 0.257 e. The summed E-state index contributed by atoms with van der Waals surface area (Å²) in [6.45, 7) is 3.67. The molecule has 3 aromatic rings. The lowest BCUT2D eigenvalue weighted by atomic mass is 10.1. The molecule has 0 saturated heterocycles. The van der Waals surface area contributed by atoms with Crippen LogP contribution in [0.15, 0.2) is 47.4 Å². The van der Waals surface area contributed by atoms with E-state index in [4.69, 9.17) is 4.74 Å². The van der Waals surface area contributed by atoms with E-state index in [2.05, 4.69) is 9.97 Å². The first kappa shape index (κ1) is 14.3. The molecule has 5 heteroatoms. The largest absolute Gasteiger partial charge is 0.488 e. The smallest absolute Gasteiger partial charge is 0.257 e. The van der Waals surface area contributed by atoms with Crippen LogP contribution in [0.3, 0.4) is 0 Å². The lowest BCUT2D eigenvalue weighted by molar-refractivity contribution is 0.231. The van der Waals surface area contributed by atoms with Crippen molar-refractivity contribution < 1.29 is 9.13 Å². The van der Waals surface area contributed by atoms with Crippen molar-refractivity contribution in [3.05, 3.63) is 58.8 Å². The number of pyridine rings is 2. The number of hydrogen-bond acceptors (Lipinski definition) is 3. The van der Waals surface area contributed by atoms with Crippen LogP contribution >= 0.6 is 0 Å². The van der Waals surface area contributed by atoms with Gasteiger partial charge in [0.05, 0.1) is 22.7 Å². The number of H-pyrrole nitrogens is 1. The van der Waals surface area contributed by atoms with E-state index in [1.54, 1.807) is 36.5 Å². The van der Waals surface area contributed by atoms with Gasteiger partial charge in [-0.1, -0.05) is 0 Å². The van der Waals surface area contributed by atoms with Crippen LogP contribution < -0.4 is 10.3 Å². The molecule has 1 aromatic carbocycles. The number of aromatic amines is 1. The standard InChI is InChI=1S/C17H15FN2O2/c1-10(2)22-16-6-5-11(8-13(16)18)14-9-15-12(17(21)20-14)4-3-7-19-15/h3-10H,1-2H3,(H,20,21). The molecule has 1 N–H and O–H groups in total. The Labute approximate surface area is 126 Å². The maximum absolute atomic E-state index is 14.1. The predicted octanol–water partition coefficient (Wildman–Crippen LogP) is 3.52. The molecule has 0 radical (unpaired) electrons. The van der Waals surface area contributed by atoms with Crippen molar-refractivity contribution in [3.8, 4) is 17.0 Å². The van der Waals surface area contributed by atoms with Crippen LogP contribution in [0, 0.1) is 5.82 Å². The number of benzene rings is 1. The van der Waals surface area contributed by atoms with E-state index in [0.29, 0.717) is 22.2 Å². The Hall–Kier alpha value is -2.69. The average Bonchev–Trinajstić information content (AvgIpc) is 2.49. The Bertz CT molecular complexity index is 887. The highest BCUT2D eigenvalue weighted by molar-refractivity contribution is 5.81. The molecule has 112 valence electrons. The van der Waals surface area contributed by atoms with E-state index in [1.165, 1.54) is 6.07 Å². The van der Waals surface area contributed by atoms with Crippen molar-refractivity contribution in [1.29, 1.82) is 0 Å². The van der Waals surface area contributed by atoms with Crippen molar-refractivity contribution in [2.45, 2.75) is 20.0 Å². The minimum atomic E-state index is -0.465. The van der Waals surface area contributed by atoms with Crippen molar-refractivity contribution in [1.82, 2.24) is 9.97 Å². The van der Waals surface area contributed by atoms with Crippen LogP contribution in [0.25, 0.3) is 22.2 Å². The molecule has 0 saturated carbocycles. The van der Waals surface area contributed by atoms with Gasteiger partial charge in [-0.05, 0) is 50.2 Å². The Morgan fingerprint density at radius 1 is 1.23 bits per heavy atom. The third kappa shape index (κ3) is 2.70. The van der Waals surface area contributed by atoms with Gasteiger partial charge in [0.25, 0.3) is 5.56 Å². The summed E-state index contributed by atoms with van der Waals surface area (Å²) in [5.74, 6) is -0.270. The molecule has 0 bridgehead atoms. The van der Waals surface area contributed by atoms with E-state index < -0.39 is 5.82 Å². The Kier molecular flexibility index (Phi) is 3.63. The first-order valence-corrected chi connectivity index (χ1v) is 6.99. The lowest BCUT2D eigenvalue weighted by Gasteiger charge is -2.11. The van der Waals surface area contributed by atoms with Crippen LogP contribution in [-0.4, -0.2) is 16.1 Å². The lowest BCUT2D eigenvalue weighted by Crippen LogP contribution is -2.08. The zero-order valence-corrected chi connectivity index (χ0v) is 12.3. The number of rotatable bonds is 3. The SMILES string of the molecule is CC(C)Oc1ccc(-c2cc3ncccc3c(=O)[nH]2)cc1F. The molecular formula is C17H15FN2O2. The highest BCUT2D eigenvalue weighted by Crippen LogP contribution is 2.25. The Morgan fingerprint density at radius 3 is 2.77 bits per heavy atom. The van der Waals surface area contributed by atoms with Crippen molar-refractivity contribution >= 4 is 10.9 Å². The van der Waals surface area contributed by atoms with Gasteiger partial charge in [-0.3, -0.25) is 9.78 Å². The molecule has 0 aliphatic carbocycles. The summed E-state index contributed by atoms with van der Waals surface area (Å²) in [5.41, 5.74) is 1.41. The molecule has 2 aromatic heterocycles. The fraction of sp³-hybridized carbons (Fsp3) is 0.176. The maximum atomic E-state index is 14.1. The Balaban J connectivity index is 2.08. The summed E-state index contributed by atoms with van der Waals surface area (Å²) in [5, 5.41) is 0.506. The molecule has 4 nitrogen and oxygen atoms in total. The van der Waals surface area contributed by atoms with Crippen molar-refractivity contribution in [3.63, 3.8) is 0 Å². The van der Waals surface area contributed by atoms with Crippen molar-refractivity contribution in [2.24, 2.45) is 0 Å². The number of nitrogens with zero attached hydrogens (tertiary/aromatic N) is 1. The molecule has 0 fully saturated rings. The van der Waals surface area contributed by atoms with E-state index in [9.17, 15) is 9.18 Å². The summed E-state index contributed by atoms with van der Waals surface area (Å²) >= 11 is 0. The van der Waals surface area contributed by atoms with E-state index in [0.717, 1.165) is 0 Å². The van der Waals surface area contributed by atoms with E-state index >= 15 is 0 Å². The van der Waals surface area contributed by atoms with Crippen LogP contribution in [0.4, 0.5) is 4.39 Å². The fourth-order valence-corrected chi connectivity index (χ4v) is 2.26. The molecule has 0 unspecified atom stereocenters. The molecule has 0 aliphatic heterocycles. The molecule has 0 atom stereocenters. The molecule has 0 spiro atoms. The zero-order valence-electron chi connectivity index (χ0n) is 12.3. The Morgan fingerprint density at radius 2 is 2.05 bits per heavy atom. The molecule has 0 aliphatic rings. The van der Waals surface area contributed by atoms with Gasteiger partial charge in [0, 0.05) is 11.8 Å². The van der Waals surface area contributed by atoms with Crippen LogP contribution in [0.1, 0.15) is 13.8 Å². The minimum Gasteiger partial charge on any atom is -0.488 e. The van der Waals surface area contributed by atoms with Gasteiger partial charge in [0.1, 0.15) is 0 Å². The zero-order chi connectivity index (χ0) is 15.7. The number of halogens is 1. The summed E-state index contributed by atoms with van der Waals surface area (Å²) in [4.78, 5) is 19.0. The minimum absolute atomic E-state index is 0.106. The topological polar surface area (TPSA) is 55.0 Å². The van der Waals surface area contributed by atoms with Gasteiger partial charge in [-0.25, -0.2) is 4.39 Å². The van der Waals surface area contributed by atoms with Gasteiger partial charge in [0.2, 0.25) is 0 Å². The molecular weight excluding hydrogens is 283 g/mol. The summed E-state index contributed by atoms with van der Waals surface area (Å²) in [6.07, 6.45) is 1.51. The quantitative estimate of drug-likeness (QED) is 0.805. The predicted molar refractivity (Wildman–Crippen MR) is 83.5 cm³/mol. The fourth-order valence-electron chi connectivity index (χ4n) is 2.26. The molecule has 0 amide bonds. The summed E-state index contributed by atoms with van der Waals surface area (Å²) in [7, 11) is 0. The van der Waals surface area contributed by atoms with Crippen LogP contribution in [-0.2, 0) is 0 Å². The average molecular weight is 298 g/mol. The first-order valence-electron chi connectivity index (χ1n) is 6.99. The number of nitrogens with one attached hydrogen (secondary N) is 1. The van der Waals surface area contributed by atoms with E-state index in [-0.39, 0.29) is 17.4 Å². The summed E-state index contributed by atoms with van der Waals surface area (Å²) in [6, 6.07) is 9.75. The molecule has 22 heavy (non-hydrogen) atoms. The number of fused-ring (bicyclic) bond motifs is 1. The number of ether oxygens (including phenoxy) is 1. The highest BCUT2D eigenvalue weighted by Gasteiger charge is 2.10. The van der Waals surface area contributed by atoms with Crippen LogP contribution in [0.2, 0.25) is 0 Å². The third-order valence-corrected chi connectivity index (χ3v) is 3.22. The second-order valence-corrected chi connectivity index (χ2v) is 5.26. The van der Waals surface area contributed by atoms with Gasteiger partial charge >= 0.3 is 0 Å². The van der Waals surface area contributed by atoms with Gasteiger partial charge in [-0.15, -0.1) is 0 Å². The third-order valence-electron chi connectivity index (χ3n) is 3.22. The monoisotopic (exact) mass is 298 g/mol. The van der Waals surface area contributed by atoms with Gasteiger partial charge < -0.3 is 9.72 Å². The second kappa shape index (κ2) is 5.60. The first-order chi connectivity index (χ1) is 10.5. The second-order valence-electron chi connectivity index (χ2n) is 5.26. The normalized spacial score (nSPS) is 11.1. The molecule has 3 rings (SSSR count). The van der Waals surface area contributed by atoms with Crippen LogP contribution in [0.5, 0.6) is 5.75 Å². The number of hydrogen-bond donors (Lipinski definition) is 1. The van der Waals surface area contributed by atoms with Gasteiger partial charge in [-0.2, -0.15) is 0 Å². The highest BCUT2D eigenvalue weighted by atomic mass is 19.1. The molecule has 2 heterocycles. The summed E-state index contributed by atoms with van der Waals surface area (Å²) < 4.78 is 19.4. The van der Waals surface area contributed by atoms with Crippen molar-refractivity contribution in [2.75, 3.05) is 0 Å². The van der Waals surface area contributed by atoms with E-state index in [1.807, 2.05) is 13.8 Å².